The van der Waals surface area contributed by atoms with E-state index in [9.17, 15) is 0 Å². The Kier molecular flexibility index (Phi) is 3.48. The van der Waals surface area contributed by atoms with Crippen LogP contribution in [0, 0.1) is 27.7 Å². The van der Waals surface area contributed by atoms with Crippen LogP contribution in [0.3, 0.4) is 0 Å². The molecule has 0 aliphatic heterocycles. The molecule has 17 heavy (non-hydrogen) atoms. The quantitative estimate of drug-likeness (QED) is 0.885. The van der Waals surface area contributed by atoms with E-state index in [4.69, 9.17) is 0 Å². The van der Waals surface area contributed by atoms with E-state index in [0.717, 1.165) is 12.2 Å². The summed E-state index contributed by atoms with van der Waals surface area (Å²) in [6.45, 7) is 9.37. The number of hydrogen-bond acceptors (Lipinski definition) is 3. The van der Waals surface area contributed by atoms with E-state index in [1.165, 1.54) is 27.3 Å². The molecule has 0 saturated carbocycles. The molecular formula is C14H18N2S. The summed E-state index contributed by atoms with van der Waals surface area (Å²) in [5.74, 6) is 0. The van der Waals surface area contributed by atoms with Gasteiger partial charge in [0.15, 0.2) is 0 Å². The van der Waals surface area contributed by atoms with Crippen molar-refractivity contribution in [3.05, 3.63) is 44.9 Å². The van der Waals surface area contributed by atoms with Crippen LogP contribution in [0.25, 0.3) is 0 Å². The van der Waals surface area contributed by atoms with Gasteiger partial charge in [0.25, 0.3) is 0 Å². The fraction of sp³-hybridized carbons (Fsp3) is 0.357. The van der Waals surface area contributed by atoms with Gasteiger partial charge in [0, 0.05) is 10.6 Å². The van der Waals surface area contributed by atoms with Crippen molar-refractivity contribution in [1.29, 1.82) is 0 Å². The van der Waals surface area contributed by atoms with Gasteiger partial charge in [0.2, 0.25) is 0 Å². The molecule has 0 spiro atoms. The monoisotopic (exact) mass is 246 g/mol. The van der Waals surface area contributed by atoms with Crippen LogP contribution in [0.15, 0.2) is 17.6 Å². The van der Waals surface area contributed by atoms with Crippen LogP contribution in [0.4, 0.5) is 5.69 Å². The molecule has 0 atom stereocenters. The predicted molar refractivity (Wildman–Crippen MR) is 74.8 cm³/mol. The summed E-state index contributed by atoms with van der Waals surface area (Å²) in [7, 11) is 0. The lowest BCUT2D eigenvalue weighted by Crippen LogP contribution is -2.03. The van der Waals surface area contributed by atoms with E-state index in [2.05, 4.69) is 50.1 Å². The van der Waals surface area contributed by atoms with Crippen molar-refractivity contribution in [1.82, 2.24) is 4.98 Å². The molecule has 0 saturated heterocycles. The van der Waals surface area contributed by atoms with Gasteiger partial charge >= 0.3 is 0 Å². The molecule has 2 aromatic rings. The fourth-order valence-corrected chi connectivity index (χ4v) is 2.84. The van der Waals surface area contributed by atoms with Gasteiger partial charge in [-0.3, -0.25) is 0 Å². The van der Waals surface area contributed by atoms with Crippen molar-refractivity contribution < 1.29 is 0 Å². The number of nitrogens with zero attached hydrogens (tertiary/aromatic N) is 1. The molecule has 1 aromatic heterocycles. The number of aromatic nitrogens is 1. The number of benzene rings is 1. The number of aryl methyl sites for hydroxylation is 4. The van der Waals surface area contributed by atoms with Crippen molar-refractivity contribution in [2.45, 2.75) is 34.2 Å². The van der Waals surface area contributed by atoms with Gasteiger partial charge in [0.1, 0.15) is 0 Å². The highest BCUT2D eigenvalue weighted by Gasteiger charge is 2.05. The molecule has 0 radical (unpaired) electrons. The maximum absolute atomic E-state index is 4.27. The second-order valence-electron chi connectivity index (χ2n) is 4.49. The summed E-state index contributed by atoms with van der Waals surface area (Å²) < 4.78 is 0. The molecule has 0 unspecified atom stereocenters. The highest BCUT2D eigenvalue weighted by molar-refractivity contribution is 7.09. The van der Waals surface area contributed by atoms with Gasteiger partial charge in [-0.05, 0) is 38.8 Å². The van der Waals surface area contributed by atoms with E-state index < -0.39 is 0 Å². The van der Waals surface area contributed by atoms with Crippen LogP contribution in [0.1, 0.15) is 27.3 Å². The summed E-state index contributed by atoms with van der Waals surface area (Å²) in [6.07, 6.45) is 0. The third kappa shape index (κ3) is 2.67. The SMILES string of the molecule is Cc1cc(C)c(NCc2scnc2C)c(C)c1. The van der Waals surface area contributed by atoms with E-state index in [1.54, 1.807) is 11.3 Å². The topological polar surface area (TPSA) is 24.9 Å². The lowest BCUT2D eigenvalue weighted by atomic mass is 10.1. The zero-order valence-electron chi connectivity index (χ0n) is 10.8. The zero-order valence-corrected chi connectivity index (χ0v) is 11.6. The van der Waals surface area contributed by atoms with Gasteiger partial charge in [-0.2, -0.15) is 0 Å². The van der Waals surface area contributed by atoms with Crippen molar-refractivity contribution in [2.75, 3.05) is 5.32 Å². The van der Waals surface area contributed by atoms with E-state index in [1.807, 2.05) is 5.51 Å². The highest BCUT2D eigenvalue weighted by Crippen LogP contribution is 2.23. The molecule has 0 fully saturated rings. The lowest BCUT2D eigenvalue weighted by molar-refractivity contribution is 1.11. The van der Waals surface area contributed by atoms with Gasteiger partial charge in [-0.25, -0.2) is 4.98 Å². The first-order valence-electron chi connectivity index (χ1n) is 5.78. The summed E-state index contributed by atoms with van der Waals surface area (Å²) >= 11 is 1.71. The van der Waals surface area contributed by atoms with Gasteiger partial charge in [-0.15, -0.1) is 11.3 Å². The maximum atomic E-state index is 4.27. The first kappa shape index (κ1) is 12.1. The fourth-order valence-electron chi connectivity index (χ4n) is 2.12. The molecule has 2 rings (SSSR count). The normalized spacial score (nSPS) is 10.6. The minimum Gasteiger partial charge on any atom is -0.380 e. The van der Waals surface area contributed by atoms with Crippen LogP contribution in [-0.2, 0) is 6.54 Å². The predicted octanol–water partition coefficient (Wildman–Crippen LogP) is 3.99. The van der Waals surface area contributed by atoms with Crippen LogP contribution < -0.4 is 5.32 Å². The Morgan fingerprint density at radius 2 is 1.76 bits per heavy atom. The Morgan fingerprint density at radius 3 is 2.29 bits per heavy atom. The Labute approximate surface area is 107 Å². The molecule has 1 N–H and O–H groups in total. The Balaban J connectivity index is 2.17. The molecule has 0 aliphatic carbocycles. The average molecular weight is 246 g/mol. The largest absolute Gasteiger partial charge is 0.380 e. The van der Waals surface area contributed by atoms with Crippen LogP contribution in [0.5, 0.6) is 0 Å². The van der Waals surface area contributed by atoms with Crippen LogP contribution >= 0.6 is 11.3 Å². The molecule has 1 aromatic carbocycles. The Morgan fingerprint density at radius 1 is 1.12 bits per heavy atom. The third-order valence-corrected chi connectivity index (χ3v) is 3.88. The zero-order chi connectivity index (χ0) is 12.4. The number of nitrogens with one attached hydrogen (secondary N) is 1. The van der Waals surface area contributed by atoms with E-state index >= 15 is 0 Å². The van der Waals surface area contributed by atoms with Gasteiger partial charge in [0.05, 0.1) is 17.7 Å². The molecule has 3 heteroatoms. The second kappa shape index (κ2) is 4.88. The first-order chi connectivity index (χ1) is 8.08. The molecule has 0 amide bonds. The van der Waals surface area contributed by atoms with E-state index in [-0.39, 0.29) is 0 Å². The van der Waals surface area contributed by atoms with Crippen molar-refractivity contribution in [3.63, 3.8) is 0 Å². The summed E-state index contributed by atoms with van der Waals surface area (Å²) in [4.78, 5) is 5.58. The number of hydrogen-bond donors (Lipinski definition) is 1. The minimum atomic E-state index is 0.862. The van der Waals surface area contributed by atoms with Crippen LogP contribution in [0.2, 0.25) is 0 Å². The molecule has 0 bridgehead atoms. The molecule has 2 nitrogen and oxygen atoms in total. The summed E-state index contributed by atoms with van der Waals surface area (Å²) in [5.41, 5.74) is 8.23. The summed E-state index contributed by atoms with van der Waals surface area (Å²) in [6, 6.07) is 4.43. The minimum absolute atomic E-state index is 0.862. The van der Waals surface area contributed by atoms with Crippen LogP contribution in [-0.4, -0.2) is 4.98 Å². The smallest absolute Gasteiger partial charge is 0.0798 e. The number of anilines is 1. The maximum Gasteiger partial charge on any atom is 0.0798 e. The molecule has 0 aliphatic rings. The summed E-state index contributed by atoms with van der Waals surface area (Å²) in [5, 5.41) is 3.52. The first-order valence-corrected chi connectivity index (χ1v) is 6.66. The molecule has 90 valence electrons. The highest BCUT2D eigenvalue weighted by atomic mass is 32.1. The van der Waals surface area contributed by atoms with Gasteiger partial charge in [-0.1, -0.05) is 17.7 Å². The molecule has 1 heterocycles. The van der Waals surface area contributed by atoms with Crippen molar-refractivity contribution in [3.8, 4) is 0 Å². The number of thiazole rings is 1. The molecular weight excluding hydrogens is 228 g/mol. The Hall–Kier alpha value is -1.35. The average Bonchev–Trinajstić information content (AvgIpc) is 2.62. The Bertz CT molecular complexity index is 506. The third-order valence-electron chi connectivity index (χ3n) is 2.95. The lowest BCUT2D eigenvalue weighted by Gasteiger charge is -2.13. The van der Waals surface area contributed by atoms with Crippen molar-refractivity contribution >= 4 is 17.0 Å². The second-order valence-corrected chi connectivity index (χ2v) is 5.43. The van der Waals surface area contributed by atoms with Gasteiger partial charge < -0.3 is 5.32 Å². The van der Waals surface area contributed by atoms with Crippen molar-refractivity contribution in [2.24, 2.45) is 0 Å². The standard InChI is InChI=1S/C14H18N2S/c1-9-5-10(2)14(11(3)6-9)15-7-13-12(4)16-8-17-13/h5-6,8,15H,7H2,1-4H3. The number of rotatable bonds is 3. The van der Waals surface area contributed by atoms with E-state index in [0.29, 0.717) is 0 Å².